The molecule has 2 fully saturated rings. The molecular formula is C18H24ClN3O2. The van der Waals surface area contributed by atoms with Gasteiger partial charge in [0.25, 0.3) is 5.91 Å². The lowest BCUT2D eigenvalue weighted by atomic mass is 9.98. The third-order valence-corrected chi connectivity index (χ3v) is 5.42. The lowest BCUT2D eigenvalue weighted by Crippen LogP contribution is -2.53. The summed E-state index contributed by atoms with van der Waals surface area (Å²) >= 11 is 5.83. The molecule has 3 unspecified atom stereocenters. The van der Waals surface area contributed by atoms with Crippen LogP contribution in [0.5, 0.6) is 0 Å². The second-order valence-electron chi connectivity index (χ2n) is 6.91. The molecule has 1 aromatic rings. The third-order valence-electron chi connectivity index (χ3n) is 5.17. The standard InChI is InChI=1S/C18H24ClN3O2/c1-11(20-17(23)12-3-5-13(19)6-4-12)18(24)22(2)16-9-14-7-8-15(10-16)21-14/h3-6,11,14-16,21H,7-10H2,1-2H3,(H,20,23). The number of halogens is 1. The second-order valence-corrected chi connectivity index (χ2v) is 7.35. The minimum atomic E-state index is -0.550. The number of hydrogen-bond donors (Lipinski definition) is 2. The van der Waals surface area contributed by atoms with Gasteiger partial charge in [-0.3, -0.25) is 9.59 Å². The monoisotopic (exact) mass is 349 g/mol. The first-order chi connectivity index (χ1) is 11.4. The van der Waals surface area contributed by atoms with Crippen molar-refractivity contribution in [1.29, 1.82) is 0 Å². The molecule has 0 spiro atoms. The van der Waals surface area contributed by atoms with Gasteiger partial charge in [0.2, 0.25) is 5.91 Å². The van der Waals surface area contributed by atoms with Gasteiger partial charge >= 0.3 is 0 Å². The first kappa shape index (κ1) is 17.2. The van der Waals surface area contributed by atoms with Crippen molar-refractivity contribution in [2.45, 2.75) is 56.8 Å². The fraction of sp³-hybridized carbons (Fsp3) is 0.556. The molecule has 2 heterocycles. The van der Waals surface area contributed by atoms with Crippen LogP contribution in [0, 0.1) is 0 Å². The van der Waals surface area contributed by atoms with Crippen LogP contribution < -0.4 is 10.6 Å². The molecule has 0 saturated carbocycles. The van der Waals surface area contributed by atoms with Gasteiger partial charge in [0.1, 0.15) is 6.04 Å². The Labute approximate surface area is 147 Å². The molecule has 24 heavy (non-hydrogen) atoms. The Morgan fingerprint density at radius 3 is 2.38 bits per heavy atom. The highest BCUT2D eigenvalue weighted by atomic mass is 35.5. The van der Waals surface area contributed by atoms with Crippen LogP contribution in [0.3, 0.4) is 0 Å². The highest BCUT2D eigenvalue weighted by Gasteiger charge is 2.37. The summed E-state index contributed by atoms with van der Waals surface area (Å²) in [5, 5.41) is 6.95. The molecule has 2 bridgehead atoms. The van der Waals surface area contributed by atoms with Gasteiger partial charge in [-0.1, -0.05) is 11.6 Å². The zero-order chi connectivity index (χ0) is 17.3. The Bertz CT molecular complexity index is 607. The van der Waals surface area contributed by atoms with Crippen molar-refractivity contribution in [2.75, 3.05) is 7.05 Å². The summed E-state index contributed by atoms with van der Waals surface area (Å²) in [5.41, 5.74) is 0.501. The maximum atomic E-state index is 12.7. The van der Waals surface area contributed by atoms with Crippen molar-refractivity contribution in [3.05, 3.63) is 34.9 Å². The summed E-state index contributed by atoms with van der Waals surface area (Å²) in [7, 11) is 1.85. The van der Waals surface area contributed by atoms with Crippen molar-refractivity contribution >= 4 is 23.4 Å². The molecule has 3 rings (SSSR count). The smallest absolute Gasteiger partial charge is 0.251 e. The van der Waals surface area contributed by atoms with Crippen LogP contribution in [0.2, 0.25) is 5.02 Å². The number of benzene rings is 1. The minimum Gasteiger partial charge on any atom is -0.341 e. The number of carbonyl (C=O) groups excluding carboxylic acids is 2. The van der Waals surface area contributed by atoms with E-state index < -0.39 is 6.04 Å². The van der Waals surface area contributed by atoms with Crippen molar-refractivity contribution in [3.63, 3.8) is 0 Å². The second kappa shape index (κ2) is 7.11. The Morgan fingerprint density at radius 1 is 1.21 bits per heavy atom. The topological polar surface area (TPSA) is 61.4 Å². The van der Waals surface area contributed by atoms with E-state index in [1.807, 2.05) is 11.9 Å². The summed E-state index contributed by atoms with van der Waals surface area (Å²) in [4.78, 5) is 26.7. The van der Waals surface area contributed by atoms with Gasteiger partial charge in [-0.05, 0) is 56.9 Å². The van der Waals surface area contributed by atoms with Crippen LogP contribution in [0.15, 0.2) is 24.3 Å². The van der Waals surface area contributed by atoms with Crippen LogP contribution in [0.1, 0.15) is 43.0 Å². The Kier molecular flexibility index (Phi) is 5.11. The minimum absolute atomic E-state index is 0.0383. The number of carbonyl (C=O) groups is 2. The molecule has 2 N–H and O–H groups in total. The third kappa shape index (κ3) is 3.73. The molecule has 0 aromatic heterocycles. The maximum Gasteiger partial charge on any atom is 0.251 e. The fourth-order valence-corrected chi connectivity index (χ4v) is 3.90. The van der Waals surface area contributed by atoms with Gasteiger partial charge in [0, 0.05) is 35.8 Å². The SMILES string of the molecule is CC(NC(=O)c1ccc(Cl)cc1)C(=O)N(C)C1CC2CCC(C1)N2. The molecule has 0 aliphatic carbocycles. The van der Waals surface area contributed by atoms with Crippen molar-refractivity contribution in [1.82, 2.24) is 15.5 Å². The summed E-state index contributed by atoms with van der Waals surface area (Å²) in [6.45, 7) is 1.74. The Hall–Kier alpha value is -1.59. The molecule has 2 amide bonds. The molecule has 3 atom stereocenters. The fourth-order valence-electron chi connectivity index (χ4n) is 3.77. The van der Waals surface area contributed by atoms with Crippen molar-refractivity contribution < 1.29 is 9.59 Å². The number of piperidine rings is 1. The molecule has 2 aliphatic rings. The van der Waals surface area contributed by atoms with E-state index in [4.69, 9.17) is 11.6 Å². The van der Waals surface area contributed by atoms with Gasteiger partial charge in [0.15, 0.2) is 0 Å². The predicted molar refractivity (Wildman–Crippen MR) is 94.1 cm³/mol. The lowest BCUT2D eigenvalue weighted by molar-refractivity contribution is -0.134. The van der Waals surface area contributed by atoms with Crippen LogP contribution >= 0.6 is 11.6 Å². The van der Waals surface area contributed by atoms with Gasteiger partial charge in [-0.25, -0.2) is 0 Å². The molecule has 5 nitrogen and oxygen atoms in total. The summed E-state index contributed by atoms with van der Waals surface area (Å²) < 4.78 is 0. The zero-order valence-electron chi connectivity index (χ0n) is 14.1. The molecule has 2 saturated heterocycles. The normalized spacial score (nSPS) is 26.7. The van der Waals surface area contributed by atoms with E-state index in [1.54, 1.807) is 31.2 Å². The van der Waals surface area contributed by atoms with Crippen LogP contribution in [0.25, 0.3) is 0 Å². The lowest BCUT2D eigenvalue weighted by Gasteiger charge is -2.36. The molecule has 1 aromatic carbocycles. The van der Waals surface area contributed by atoms with E-state index in [9.17, 15) is 9.59 Å². The molecular weight excluding hydrogens is 326 g/mol. The average Bonchev–Trinajstić information content (AvgIpc) is 2.91. The van der Waals surface area contributed by atoms with Gasteiger partial charge in [0.05, 0.1) is 0 Å². The number of hydrogen-bond acceptors (Lipinski definition) is 3. The number of amides is 2. The first-order valence-corrected chi connectivity index (χ1v) is 8.91. The molecule has 130 valence electrons. The van der Waals surface area contributed by atoms with Crippen LogP contribution in [-0.2, 0) is 4.79 Å². The predicted octanol–water partition coefficient (Wildman–Crippen LogP) is 2.20. The van der Waals surface area contributed by atoms with E-state index >= 15 is 0 Å². The van der Waals surface area contributed by atoms with Gasteiger partial charge in [-0.15, -0.1) is 0 Å². The Balaban J connectivity index is 1.57. The highest BCUT2D eigenvalue weighted by Crippen LogP contribution is 2.29. The van der Waals surface area contributed by atoms with Crippen molar-refractivity contribution in [2.24, 2.45) is 0 Å². The van der Waals surface area contributed by atoms with Crippen molar-refractivity contribution in [3.8, 4) is 0 Å². The van der Waals surface area contributed by atoms with E-state index in [2.05, 4.69) is 10.6 Å². The maximum absolute atomic E-state index is 12.7. The van der Waals surface area contributed by atoms with E-state index in [0.717, 1.165) is 12.8 Å². The molecule has 0 radical (unpaired) electrons. The Morgan fingerprint density at radius 2 is 1.79 bits per heavy atom. The van der Waals surface area contributed by atoms with E-state index in [0.29, 0.717) is 22.7 Å². The summed E-state index contributed by atoms with van der Waals surface area (Å²) in [6, 6.07) is 7.41. The number of likely N-dealkylation sites (N-methyl/N-ethyl adjacent to an activating group) is 1. The quantitative estimate of drug-likeness (QED) is 0.876. The summed E-state index contributed by atoms with van der Waals surface area (Å²) in [6.07, 6.45) is 4.39. The summed E-state index contributed by atoms with van der Waals surface area (Å²) in [5.74, 6) is -0.296. The number of fused-ring (bicyclic) bond motifs is 2. The largest absolute Gasteiger partial charge is 0.341 e. The van der Waals surface area contributed by atoms with E-state index in [1.165, 1.54) is 12.8 Å². The number of nitrogens with zero attached hydrogens (tertiary/aromatic N) is 1. The molecule has 2 aliphatic heterocycles. The number of nitrogens with one attached hydrogen (secondary N) is 2. The average molecular weight is 350 g/mol. The van der Waals surface area contributed by atoms with Gasteiger partial charge in [-0.2, -0.15) is 0 Å². The van der Waals surface area contributed by atoms with E-state index in [-0.39, 0.29) is 17.9 Å². The van der Waals surface area contributed by atoms with Crippen LogP contribution in [0.4, 0.5) is 0 Å². The zero-order valence-corrected chi connectivity index (χ0v) is 14.8. The van der Waals surface area contributed by atoms with Crippen LogP contribution in [-0.4, -0.2) is 47.9 Å². The first-order valence-electron chi connectivity index (χ1n) is 8.53. The van der Waals surface area contributed by atoms with Gasteiger partial charge < -0.3 is 15.5 Å². The number of rotatable bonds is 4. The molecule has 6 heteroatoms. The highest BCUT2D eigenvalue weighted by molar-refractivity contribution is 6.30.